The Hall–Kier alpha value is -2.81. The summed E-state index contributed by atoms with van der Waals surface area (Å²) >= 11 is 7.23. The number of benzene rings is 3. The summed E-state index contributed by atoms with van der Waals surface area (Å²) in [6.07, 6.45) is 0. The number of hydrogen-bond donors (Lipinski definition) is 2. The average molecular weight is 473 g/mol. The fourth-order valence-electron chi connectivity index (χ4n) is 3.06. The molecule has 31 heavy (non-hydrogen) atoms. The number of aromatic amines is 1. The van der Waals surface area contributed by atoms with Crippen LogP contribution in [0.4, 0.5) is 5.69 Å². The molecular formula is C22H19ClN3O3S2+. The predicted molar refractivity (Wildman–Crippen MR) is 123 cm³/mol. The minimum Gasteiger partial charge on any atom is -0.325 e. The van der Waals surface area contributed by atoms with Gasteiger partial charge in [0.15, 0.2) is 11.0 Å². The molecule has 4 rings (SSSR count). The highest BCUT2D eigenvalue weighted by molar-refractivity contribution is 8.00. The second-order valence-electron chi connectivity index (χ2n) is 6.83. The van der Waals surface area contributed by atoms with Gasteiger partial charge in [-0.2, -0.15) is 8.42 Å². The van der Waals surface area contributed by atoms with Crippen LogP contribution in [0.3, 0.4) is 0 Å². The second-order valence-corrected chi connectivity index (χ2v) is 9.99. The van der Waals surface area contributed by atoms with Crippen LogP contribution in [0.15, 0.2) is 82.8 Å². The number of nitrogens with one attached hydrogen (secondary N) is 2. The number of nitrogens with zero attached hydrogens (tertiary/aromatic N) is 1. The third kappa shape index (κ3) is 4.46. The van der Waals surface area contributed by atoms with Crippen LogP contribution in [0.5, 0.6) is 0 Å². The third-order valence-corrected chi connectivity index (χ3v) is 7.84. The standard InChI is InChI=1S/C22H18ClN3O3S2/c1-15-11-12-16(13-18(15)23)24-21(27)14-30-22-25-19-9-5-6-10-20(19)26(22)31(28,29)17-7-3-2-4-8-17/h2-13H,14H2,1H3,(H,24,27)/p+1. The van der Waals surface area contributed by atoms with E-state index in [0.29, 0.717) is 26.9 Å². The van der Waals surface area contributed by atoms with Gasteiger partial charge in [-0.15, -0.1) is 3.97 Å². The maximum atomic E-state index is 13.3. The number of carbonyl (C=O) groups is 1. The Morgan fingerprint density at radius 3 is 2.52 bits per heavy atom. The number of amides is 1. The van der Waals surface area contributed by atoms with Crippen LogP contribution in [0.25, 0.3) is 11.0 Å². The Balaban J connectivity index is 1.63. The fraction of sp³-hybridized carbons (Fsp3) is 0.0909. The molecule has 0 aliphatic carbocycles. The van der Waals surface area contributed by atoms with Crippen molar-refractivity contribution in [1.82, 2.24) is 4.98 Å². The zero-order chi connectivity index (χ0) is 22.0. The Morgan fingerprint density at radius 2 is 1.77 bits per heavy atom. The van der Waals surface area contributed by atoms with Crippen molar-refractivity contribution < 1.29 is 17.2 Å². The first-order valence-corrected chi connectivity index (χ1v) is 12.2. The highest BCUT2D eigenvalue weighted by Gasteiger charge is 2.31. The number of rotatable bonds is 6. The molecule has 1 amide bonds. The molecule has 0 radical (unpaired) electrons. The number of thioether (sulfide) groups is 1. The zero-order valence-electron chi connectivity index (χ0n) is 16.5. The summed E-state index contributed by atoms with van der Waals surface area (Å²) in [7, 11) is -3.85. The Morgan fingerprint density at radius 1 is 1.06 bits per heavy atom. The number of fused-ring (bicyclic) bond motifs is 1. The summed E-state index contributed by atoms with van der Waals surface area (Å²) in [5, 5.41) is 3.70. The molecule has 0 saturated carbocycles. The zero-order valence-corrected chi connectivity index (χ0v) is 18.9. The lowest BCUT2D eigenvalue weighted by Gasteiger charge is -2.06. The Kier molecular flexibility index (Phi) is 6.04. The van der Waals surface area contributed by atoms with Crippen molar-refractivity contribution in [3.63, 3.8) is 0 Å². The van der Waals surface area contributed by atoms with E-state index in [1.165, 1.54) is 3.97 Å². The van der Waals surface area contributed by atoms with Crippen molar-refractivity contribution in [2.75, 3.05) is 11.1 Å². The number of anilines is 1. The van der Waals surface area contributed by atoms with Gasteiger partial charge in [-0.1, -0.05) is 48.0 Å². The SMILES string of the molecule is Cc1ccc(NC(=O)CSc2[nH]c3ccccc3[n+]2S(=O)(=O)c2ccccc2)cc1Cl. The predicted octanol–water partition coefficient (Wildman–Crippen LogP) is 4.39. The quantitative estimate of drug-likeness (QED) is 0.322. The highest BCUT2D eigenvalue weighted by Crippen LogP contribution is 2.23. The van der Waals surface area contributed by atoms with Crippen LogP contribution < -0.4 is 9.29 Å². The van der Waals surface area contributed by atoms with Crippen molar-refractivity contribution in [3.8, 4) is 0 Å². The largest absolute Gasteiger partial charge is 0.336 e. The molecule has 0 aliphatic heterocycles. The van der Waals surface area contributed by atoms with Gasteiger partial charge in [0.25, 0.3) is 0 Å². The van der Waals surface area contributed by atoms with E-state index < -0.39 is 10.0 Å². The molecule has 0 fully saturated rings. The van der Waals surface area contributed by atoms with Crippen molar-refractivity contribution >= 4 is 56.0 Å². The summed E-state index contributed by atoms with van der Waals surface area (Å²) in [6, 6.07) is 20.6. The molecule has 0 atom stereocenters. The second kappa shape index (κ2) is 8.74. The molecule has 0 aliphatic rings. The minimum absolute atomic E-state index is 0.0165. The van der Waals surface area contributed by atoms with E-state index in [4.69, 9.17) is 11.6 Å². The van der Waals surface area contributed by atoms with Gasteiger partial charge >= 0.3 is 15.2 Å². The van der Waals surface area contributed by atoms with E-state index in [-0.39, 0.29) is 16.6 Å². The van der Waals surface area contributed by atoms with E-state index >= 15 is 0 Å². The van der Waals surface area contributed by atoms with Crippen molar-refractivity contribution in [3.05, 3.63) is 83.4 Å². The van der Waals surface area contributed by atoms with Crippen LogP contribution in [0.1, 0.15) is 5.56 Å². The molecule has 0 bridgehead atoms. The van der Waals surface area contributed by atoms with Crippen LogP contribution in [0.2, 0.25) is 5.02 Å². The van der Waals surface area contributed by atoms with Crippen LogP contribution >= 0.6 is 23.4 Å². The summed E-state index contributed by atoms with van der Waals surface area (Å²) < 4.78 is 27.9. The normalized spacial score (nSPS) is 11.5. The summed E-state index contributed by atoms with van der Waals surface area (Å²) in [4.78, 5) is 15.8. The molecular weight excluding hydrogens is 454 g/mol. The fourth-order valence-corrected chi connectivity index (χ4v) is 5.83. The molecule has 158 valence electrons. The number of imidazole rings is 1. The van der Waals surface area contributed by atoms with Gasteiger partial charge in [0.2, 0.25) is 5.91 Å². The number of aryl methyl sites for hydroxylation is 1. The van der Waals surface area contributed by atoms with Gasteiger partial charge in [0.05, 0.1) is 5.75 Å². The first-order valence-electron chi connectivity index (χ1n) is 9.38. The minimum atomic E-state index is -3.85. The first kappa shape index (κ1) is 21.4. The summed E-state index contributed by atoms with van der Waals surface area (Å²) in [5.74, 6) is -0.255. The van der Waals surface area contributed by atoms with E-state index in [1.807, 2.05) is 19.1 Å². The number of para-hydroxylation sites is 2. The average Bonchev–Trinajstić information content (AvgIpc) is 3.15. The van der Waals surface area contributed by atoms with Gasteiger partial charge in [-0.25, -0.2) is 4.98 Å². The maximum Gasteiger partial charge on any atom is 0.336 e. The van der Waals surface area contributed by atoms with Gasteiger partial charge in [0.1, 0.15) is 4.90 Å². The molecule has 9 heteroatoms. The maximum absolute atomic E-state index is 13.3. The van der Waals surface area contributed by atoms with Gasteiger partial charge in [0, 0.05) is 10.7 Å². The Bertz CT molecular complexity index is 1370. The summed E-state index contributed by atoms with van der Waals surface area (Å²) in [5.41, 5.74) is 2.68. The monoisotopic (exact) mass is 472 g/mol. The number of H-pyrrole nitrogens is 1. The van der Waals surface area contributed by atoms with Crippen LogP contribution in [-0.2, 0) is 14.8 Å². The molecule has 0 saturated heterocycles. The molecule has 1 aromatic heterocycles. The van der Waals surface area contributed by atoms with E-state index in [0.717, 1.165) is 17.3 Å². The number of hydrogen-bond acceptors (Lipinski definition) is 4. The van der Waals surface area contributed by atoms with Gasteiger partial charge in [-0.3, -0.25) is 4.79 Å². The first-order chi connectivity index (χ1) is 14.9. The highest BCUT2D eigenvalue weighted by atomic mass is 35.5. The van der Waals surface area contributed by atoms with Gasteiger partial charge < -0.3 is 5.32 Å². The Labute approximate surface area is 189 Å². The van der Waals surface area contributed by atoms with Crippen LogP contribution in [-0.4, -0.2) is 25.1 Å². The lowest BCUT2D eigenvalue weighted by atomic mass is 10.2. The van der Waals surface area contributed by atoms with E-state index in [1.54, 1.807) is 60.7 Å². The van der Waals surface area contributed by atoms with Crippen molar-refractivity contribution in [1.29, 1.82) is 0 Å². The van der Waals surface area contributed by atoms with E-state index in [9.17, 15) is 13.2 Å². The lowest BCUT2D eigenvalue weighted by Crippen LogP contribution is -2.44. The molecule has 6 nitrogen and oxygen atoms in total. The van der Waals surface area contributed by atoms with Crippen LogP contribution in [0, 0.1) is 6.92 Å². The number of aromatic nitrogens is 2. The van der Waals surface area contributed by atoms with E-state index in [2.05, 4.69) is 10.3 Å². The molecule has 2 N–H and O–H groups in total. The number of halogens is 1. The lowest BCUT2D eigenvalue weighted by molar-refractivity contribution is -0.526. The smallest absolute Gasteiger partial charge is 0.325 e. The molecule has 0 unspecified atom stereocenters. The molecule has 3 aromatic carbocycles. The number of carbonyl (C=O) groups excluding carboxylic acids is 1. The molecule has 1 heterocycles. The van der Waals surface area contributed by atoms with Crippen molar-refractivity contribution in [2.24, 2.45) is 0 Å². The van der Waals surface area contributed by atoms with Crippen molar-refractivity contribution in [2.45, 2.75) is 17.0 Å². The molecule has 4 aromatic rings. The third-order valence-electron chi connectivity index (χ3n) is 4.63. The topological polar surface area (TPSA) is 82.9 Å². The van der Waals surface area contributed by atoms with Gasteiger partial charge in [-0.05, 0) is 60.6 Å². The summed E-state index contributed by atoms with van der Waals surface area (Å²) in [6.45, 7) is 1.88. The molecule has 0 spiro atoms.